The van der Waals surface area contributed by atoms with Gasteiger partial charge in [0.05, 0.1) is 17.1 Å². The van der Waals surface area contributed by atoms with Crippen LogP contribution < -0.4 is 10.6 Å². The van der Waals surface area contributed by atoms with Gasteiger partial charge in [0.15, 0.2) is 10.9 Å². The average molecular weight is 349 g/mol. The fourth-order valence-electron chi connectivity index (χ4n) is 3.44. The van der Waals surface area contributed by atoms with E-state index < -0.39 is 0 Å². The van der Waals surface area contributed by atoms with Gasteiger partial charge < -0.3 is 10.6 Å². The topological polar surface area (TPSA) is 88.2 Å². The zero-order valence-corrected chi connectivity index (χ0v) is 14.9. The van der Waals surface area contributed by atoms with E-state index in [2.05, 4.69) is 15.6 Å². The van der Waals surface area contributed by atoms with E-state index in [0.29, 0.717) is 16.4 Å². The summed E-state index contributed by atoms with van der Waals surface area (Å²) < 4.78 is 0. The lowest BCUT2D eigenvalue weighted by Crippen LogP contribution is -2.36. The summed E-state index contributed by atoms with van der Waals surface area (Å²) in [5.74, 6) is -0.212. The lowest BCUT2D eigenvalue weighted by atomic mass is 9.78. The molecule has 1 aromatic heterocycles. The number of carbonyl (C=O) groups excluding carboxylic acids is 3. The third kappa shape index (κ3) is 3.83. The SMILES string of the molecule is CC1(C)CC(=O)c2sc(NC(=O)CNC(=O)C3CCCC3)nc2C1. The smallest absolute Gasteiger partial charge is 0.245 e. The van der Waals surface area contributed by atoms with Gasteiger partial charge in [-0.1, -0.05) is 38.0 Å². The highest BCUT2D eigenvalue weighted by molar-refractivity contribution is 7.17. The van der Waals surface area contributed by atoms with E-state index in [-0.39, 0.29) is 35.5 Å². The Bertz CT molecular complexity index is 675. The number of thiazole rings is 1. The molecular weight excluding hydrogens is 326 g/mol. The minimum atomic E-state index is -0.306. The van der Waals surface area contributed by atoms with Gasteiger partial charge in [-0.3, -0.25) is 14.4 Å². The molecule has 6 nitrogen and oxygen atoms in total. The standard InChI is InChI=1S/C17H23N3O3S/c1-17(2)7-11-14(12(21)8-17)24-16(19-11)20-13(22)9-18-15(23)10-5-3-4-6-10/h10H,3-9H2,1-2H3,(H,18,23)(H,19,20,22). The normalized spacial score (nSPS) is 19.8. The van der Waals surface area contributed by atoms with Crippen LogP contribution in [0.25, 0.3) is 0 Å². The maximum absolute atomic E-state index is 12.2. The van der Waals surface area contributed by atoms with E-state index in [9.17, 15) is 14.4 Å². The Morgan fingerprint density at radius 2 is 1.96 bits per heavy atom. The zero-order chi connectivity index (χ0) is 17.3. The van der Waals surface area contributed by atoms with Gasteiger partial charge in [-0.05, 0) is 24.7 Å². The number of carbonyl (C=O) groups is 3. The molecule has 2 aliphatic rings. The Hall–Kier alpha value is -1.76. The molecule has 7 heteroatoms. The van der Waals surface area contributed by atoms with Crippen molar-refractivity contribution in [2.75, 3.05) is 11.9 Å². The number of fused-ring (bicyclic) bond motifs is 1. The number of anilines is 1. The summed E-state index contributed by atoms with van der Waals surface area (Å²) in [5.41, 5.74) is 0.681. The van der Waals surface area contributed by atoms with E-state index >= 15 is 0 Å². The monoisotopic (exact) mass is 349 g/mol. The van der Waals surface area contributed by atoms with Crippen molar-refractivity contribution in [3.63, 3.8) is 0 Å². The molecule has 24 heavy (non-hydrogen) atoms. The third-order valence-electron chi connectivity index (χ3n) is 4.63. The first-order valence-corrected chi connectivity index (χ1v) is 9.26. The van der Waals surface area contributed by atoms with Gasteiger partial charge >= 0.3 is 0 Å². The number of nitrogens with one attached hydrogen (secondary N) is 2. The van der Waals surface area contributed by atoms with Crippen molar-refractivity contribution in [3.05, 3.63) is 10.6 Å². The maximum Gasteiger partial charge on any atom is 0.245 e. The minimum Gasteiger partial charge on any atom is -0.347 e. The van der Waals surface area contributed by atoms with Crippen LogP contribution >= 0.6 is 11.3 Å². The largest absolute Gasteiger partial charge is 0.347 e. The summed E-state index contributed by atoms with van der Waals surface area (Å²) in [4.78, 5) is 41.1. The number of rotatable bonds is 4. The number of Topliss-reactive ketones (excluding diaryl/α,β-unsaturated/α-hetero) is 1. The van der Waals surface area contributed by atoms with Gasteiger partial charge in [0.25, 0.3) is 0 Å². The summed E-state index contributed by atoms with van der Waals surface area (Å²) in [6.45, 7) is 4.03. The quantitative estimate of drug-likeness (QED) is 0.874. The predicted molar refractivity (Wildman–Crippen MR) is 92.1 cm³/mol. The molecule has 1 saturated carbocycles. The number of aromatic nitrogens is 1. The molecule has 0 spiro atoms. The Morgan fingerprint density at radius 3 is 2.67 bits per heavy atom. The predicted octanol–water partition coefficient (Wildman–Crippen LogP) is 2.54. The van der Waals surface area contributed by atoms with Crippen molar-refractivity contribution >= 4 is 34.1 Å². The van der Waals surface area contributed by atoms with Gasteiger partial charge in [-0.2, -0.15) is 0 Å². The van der Waals surface area contributed by atoms with E-state index in [1.165, 1.54) is 11.3 Å². The van der Waals surface area contributed by atoms with Crippen molar-refractivity contribution in [1.82, 2.24) is 10.3 Å². The highest BCUT2D eigenvalue weighted by Crippen LogP contribution is 2.38. The van der Waals surface area contributed by atoms with Crippen LogP contribution in [0.3, 0.4) is 0 Å². The number of hydrogen-bond donors (Lipinski definition) is 2. The van der Waals surface area contributed by atoms with Crippen molar-refractivity contribution in [3.8, 4) is 0 Å². The summed E-state index contributed by atoms with van der Waals surface area (Å²) >= 11 is 1.23. The van der Waals surface area contributed by atoms with Gasteiger partial charge in [0.2, 0.25) is 11.8 Å². The fourth-order valence-corrected chi connectivity index (χ4v) is 4.37. The Morgan fingerprint density at radius 1 is 1.25 bits per heavy atom. The molecule has 2 amide bonds. The second-order valence-electron chi connectivity index (χ2n) is 7.48. The van der Waals surface area contributed by atoms with Crippen LogP contribution in [-0.4, -0.2) is 29.1 Å². The van der Waals surface area contributed by atoms with Crippen LogP contribution in [0.2, 0.25) is 0 Å². The van der Waals surface area contributed by atoms with Crippen molar-refractivity contribution in [2.45, 2.75) is 52.4 Å². The van der Waals surface area contributed by atoms with Crippen LogP contribution in [-0.2, 0) is 16.0 Å². The van der Waals surface area contributed by atoms with Crippen LogP contribution in [0.4, 0.5) is 5.13 Å². The number of amides is 2. The molecular formula is C17H23N3O3S. The molecule has 1 aromatic rings. The summed E-state index contributed by atoms with van der Waals surface area (Å²) in [7, 11) is 0. The first-order valence-electron chi connectivity index (χ1n) is 8.44. The second-order valence-corrected chi connectivity index (χ2v) is 8.48. The number of hydrogen-bond acceptors (Lipinski definition) is 5. The lowest BCUT2D eigenvalue weighted by molar-refractivity contribution is -0.127. The van der Waals surface area contributed by atoms with E-state index in [4.69, 9.17) is 0 Å². The second kappa shape index (κ2) is 6.63. The Labute approximate surface area is 145 Å². The van der Waals surface area contributed by atoms with E-state index in [0.717, 1.165) is 37.8 Å². The maximum atomic E-state index is 12.2. The van der Waals surface area contributed by atoms with Crippen LogP contribution in [0.15, 0.2) is 0 Å². The first-order chi connectivity index (χ1) is 11.3. The molecule has 2 N–H and O–H groups in total. The molecule has 0 atom stereocenters. The number of nitrogens with zero attached hydrogens (tertiary/aromatic N) is 1. The summed E-state index contributed by atoms with van der Waals surface area (Å²) in [5, 5.41) is 5.82. The van der Waals surface area contributed by atoms with Gasteiger partial charge in [0.1, 0.15) is 0 Å². The molecule has 0 radical (unpaired) electrons. The van der Waals surface area contributed by atoms with Crippen molar-refractivity contribution in [1.29, 1.82) is 0 Å². The van der Waals surface area contributed by atoms with E-state index in [1.54, 1.807) is 0 Å². The van der Waals surface area contributed by atoms with Crippen molar-refractivity contribution in [2.24, 2.45) is 11.3 Å². The molecule has 1 heterocycles. The minimum absolute atomic E-state index is 0.0435. The molecule has 0 saturated heterocycles. The average Bonchev–Trinajstić information content (AvgIpc) is 3.13. The van der Waals surface area contributed by atoms with Crippen LogP contribution in [0.5, 0.6) is 0 Å². The van der Waals surface area contributed by atoms with Crippen LogP contribution in [0, 0.1) is 11.3 Å². The molecule has 130 valence electrons. The highest BCUT2D eigenvalue weighted by atomic mass is 32.1. The van der Waals surface area contributed by atoms with E-state index in [1.807, 2.05) is 13.8 Å². The molecule has 0 unspecified atom stereocenters. The molecule has 2 aliphatic carbocycles. The fraction of sp³-hybridized carbons (Fsp3) is 0.647. The molecule has 0 aromatic carbocycles. The lowest BCUT2D eigenvalue weighted by Gasteiger charge is -2.26. The molecule has 1 fully saturated rings. The summed E-state index contributed by atoms with van der Waals surface area (Å²) in [6, 6.07) is 0. The zero-order valence-electron chi connectivity index (χ0n) is 14.1. The highest BCUT2D eigenvalue weighted by Gasteiger charge is 2.34. The van der Waals surface area contributed by atoms with Gasteiger partial charge in [-0.15, -0.1) is 0 Å². The number of ketones is 1. The first kappa shape index (κ1) is 17.1. The Kier molecular flexibility index (Phi) is 4.71. The third-order valence-corrected chi connectivity index (χ3v) is 5.69. The van der Waals surface area contributed by atoms with Crippen LogP contribution in [0.1, 0.15) is 61.3 Å². The van der Waals surface area contributed by atoms with Gasteiger partial charge in [-0.25, -0.2) is 4.98 Å². The molecule has 0 bridgehead atoms. The molecule has 3 rings (SSSR count). The Balaban J connectivity index is 1.55. The molecule has 0 aliphatic heterocycles. The van der Waals surface area contributed by atoms with Crippen molar-refractivity contribution < 1.29 is 14.4 Å². The van der Waals surface area contributed by atoms with Gasteiger partial charge in [0, 0.05) is 12.3 Å². The summed E-state index contributed by atoms with van der Waals surface area (Å²) in [6.07, 6.45) is 5.22.